The van der Waals surface area contributed by atoms with E-state index in [4.69, 9.17) is 4.74 Å². The molecule has 5 nitrogen and oxygen atoms in total. The van der Waals surface area contributed by atoms with Gasteiger partial charge >= 0.3 is 0 Å². The smallest absolute Gasteiger partial charge is 0.274 e. The number of hydrogen-bond acceptors (Lipinski definition) is 4. The van der Waals surface area contributed by atoms with E-state index in [0.29, 0.717) is 13.0 Å². The molecule has 0 aromatic heterocycles. The lowest BCUT2D eigenvalue weighted by Gasteiger charge is -2.12. The van der Waals surface area contributed by atoms with Gasteiger partial charge in [0.2, 0.25) is 0 Å². The molecule has 1 aromatic carbocycles. The minimum Gasteiger partial charge on any atom is -0.380 e. The van der Waals surface area contributed by atoms with Crippen LogP contribution < -0.4 is 5.32 Å². The molecule has 1 atom stereocenters. The Hall–Kier alpha value is -1.62. The van der Waals surface area contributed by atoms with Gasteiger partial charge in [-0.3, -0.25) is 10.1 Å². The Kier molecular flexibility index (Phi) is 3.58. The maximum atomic E-state index is 10.9. The van der Waals surface area contributed by atoms with Crippen molar-refractivity contribution < 1.29 is 9.66 Å². The van der Waals surface area contributed by atoms with Gasteiger partial charge in [0, 0.05) is 23.9 Å². The van der Waals surface area contributed by atoms with E-state index in [2.05, 4.69) is 5.32 Å². The van der Waals surface area contributed by atoms with Crippen molar-refractivity contribution in [2.45, 2.75) is 25.8 Å². The van der Waals surface area contributed by atoms with Gasteiger partial charge in [0.25, 0.3) is 5.69 Å². The average molecular weight is 236 g/mol. The van der Waals surface area contributed by atoms with Crippen LogP contribution in [0.15, 0.2) is 18.2 Å². The summed E-state index contributed by atoms with van der Waals surface area (Å²) in [7, 11) is 0. The number of ether oxygens (including phenoxy) is 1. The topological polar surface area (TPSA) is 64.4 Å². The first-order valence-corrected chi connectivity index (χ1v) is 5.82. The second-order valence-electron chi connectivity index (χ2n) is 4.16. The molecule has 1 fully saturated rings. The quantitative estimate of drug-likeness (QED) is 0.643. The molecule has 17 heavy (non-hydrogen) atoms. The molecule has 0 aliphatic carbocycles. The number of benzene rings is 1. The molecule has 1 aliphatic rings. The van der Waals surface area contributed by atoms with Crippen LogP contribution in [0.5, 0.6) is 0 Å². The van der Waals surface area contributed by atoms with Crippen molar-refractivity contribution in [2.75, 3.05) is 18.5 Å². The number of nitro benzene ring substituents is 1. The Morgan fingerprint density at radius 1 is 1.59 bits per heavy atom. The molecule has 1 saturated heterocycles. The van der Waals surface area contributed by atoms with Crippen molar-refractivity contribution >= 4 is 11.4 Å². The lowest BCUT2D eigenvalue weighted by atomic mass is 10.1. The summed E-state index contributed by atoms with van der Waals surface area (Å²) >= 11 is 0. The normalized spacial score (nSPS) is 19.2. The van der Waals surface area contributed by atoms with Gasteiger partial charge < -0.3 is 10.1 Å². The second kappa shape index (κ2) is 5.14. The van der Waals surface area contributed by atoms with E-state index in [0.717, 1.165) is 24.3 Å². The number of nitrogens with zero attached hydrogens (tertiary/aromatic N) is 1. The van der Waals surface area contributed by atoms with Crippen molar-refractivity contribution in [1.29, 1.82) is 0 Å². The molecule has 1 unspecified atom stereocenters. The highest BCUT2D eigenvalue weighted by molar-refractivity contribution is 5.55. The van der Waals surface area contributed by atoms with E-state index in [1.807, 2.05) is 19.1 Å². The Labute approximate surface area is 99.9 Å². The summed E-state index contributed by atoms with van der Waals surface area (Å²) in [5.74, 6) is 0. The van der Waals surface area contributed by atoms with Crippen LogP contribution in [0.4, 0.5) is 11.4 Å². The minimum atomic E-state index is -0.324. The highest BCUT2D eigenvalue weighted by Crippen LogP contribution is 2.24. The van der Waals surface area contributed by atoms with Gasteiger partial charge in [-0.1, -0.05) is 13.0 Å². The molecule has 0 amide bonds. The van der Waals surface area contributed by atoms with E-state index >= 15 is 0 Å². The number of nitrogens with one attached hydrogen (secondary N) is 1. The van der Waals surface area contributed by atoms with Crippen LogP contribution in [0.2, 0.25) is 0 Å². The average Bonchev–Trinajstić information content (AvgIpc) is 2.81. The Balaban J connectivity index is 2.17. The van der Waals surface area contributed by atoms with E-state index in [-0.39, 0.29) is 16.7 Å². The zero-order chi connectivity index (χ0) is 12.3. The van der Waals surface area contributed by atoms with Crippen LogP contribution >= 0.6 is 0 Å². The summed E-state index contributed by atoms with van der Waals surface area (Å²) in [5.41, 5.74) is 1.75. The molecule has 0 radical (unpaired) electrons. The maximum absolute atomic E-state index is 10.9. The van der Waals surface area contributed by atoms with Gasteiger partial charge in [-0.2, -0.15) is 0 Å². The van der Waals surface area contributed by atoms with Gasteiger partial charge in [-0.25, -0.2) is 0 Å². The third kappa shape index (κ3) is 2.74. The van der Waals surface area contributed by atoms with Crippen molar-refractivity contribution in [3.63, 3.8) is 0 Å². The fourth-order valence-corrected chi connectivity index (χ4v) is 2.01. The lowest BCUT2D eigenvalue weighted by Crippen LogP contribution is -2.18. The number of rotatable bonds is 4. The third-order valence-corrected chi connectivity index (χ3v) is 2.96. The Morgan fingerprint density at radius 2 is 2.41 bits per heavy atom. The molecule has 92 valence electrons. The number of anilines is 1. The van der Waals surface area contributed by atoms with Gasteiger partial charge in [-0.15, -0.1) is 0 Å². The summed E-state index contributed by atoms with van der Waals surface area (Å²) < 4.78 is 5.26. The van der Waals surface area contributed by atoms with E-state index in [1.54, 1.807) is 6.07 Å². The maximum Gasteiger partial charge on any atom is 0.274 e. The van der Waals surface area contributed by atoms with Crippen molar-refractivity contribution in [2.24, 2.45) is 0 Å². The zero-order valence-corrected chi connectivity index (χ0v) is 9.81. The predicted octanol–water partition coefficient (Wildman–Crippen LogP) is 2.36. The van der Waals surface area contributed by atoms with Gasteiger partial charge in [0.1, 0.15) is 0 Å². The second-order valence-corrected chi connectivity index (χ2v) is 4.16. The number of nitro groups is 1. The summed E-state index contributed by atoms with van der Waals surface area (Å²) in [6, 6.07) is 5.58. The van der Waals surface area contributed by atoms with Gasteiger partial charge in [0.05, 0.1) is 17.6 Å². The molecule has 5 heteroatoms. The summed E-state index contributed by atoms with van der Waals surface area (Å²) in [4.78, 5) is 10.6. The van der Waals surface area contributed by atoms with Crippen molar-refractivity contribution in [3.8, 4) is 0 Å². The van der Waals surface area contributed by atoms with Crippen LogP contribution in [0.3, 0.4) is 0 Å². The molecule has 0 bridgehead atoms. The number of aryl methyl sites for hydroxylation is 1. The Bertz CT molecular complexity index is 414. The summed E-state index contributed by atoms with van der Waals surface area (Å²) in [5, 5.41) is 14.2. The van der Waals surface area contributed by atoms with E-state index in [1.165, 1.54) is 0 Å². The molecule has 1 aromatic rings. The first kappa shape index (κ1) is 11.9. The largest absolute Gasteiger partial charge is 0.380 e. The molecule has 1 heterocycles. The fraction of sp³-hybridized carbons (Fsp3) is 0.500. The van der Waals surface area contributed by atoms with Crippen molar-refractivity contribution in [1.82, 2.24) is 0 Å². The lowest BCUT2D eigenvalue weighted by molar-refractivity contribution is -0.385. The highest BCUT2D eigenvalue weighted by Gasteiger charge is 2.17. The highest BCUT2D eigenvalue weighted by atomic mass is 16.6. The number of hydrogen-bond donors (Lipinski definition) is 1. The van der Waals surface area contributed by atoms with Crippen LogP contribution in [0, 0.1) is 10.1 Å². The molecule has 0 spiro atoms. The first-order valence-electron chi connectivity index (χ1n) is 5.82. The first-order chi connectivity index (χ1) is 8.20. The zero-order valence-electron chi connectivity index (χ0n) is 9.81. The summed E-state index contributed by atoms with van der Waals surface area (Å²) in [6.07, 6.45) is 1.62. The molecule has 2 rings (SSSR count). The van der Waals surface area contributed by atoms with Crippen LogP contribution in [-0.4, -0.2) is 24.2 Å². The minimum absolute atomic E-state index is 0.191. The van der Waals surface area contributed by atoms with Gasteiger partial charge in [0.15, 0.2) is 0 Å². The third-order valence-electron chi connectivity index (χ3n) is 2.96. The van der Waals surface area contributed by atoms with Crippen molar-refractivity contribution in [3.05, 3.63) is 33.9 Å². The molecule has 0 saturated carbocycles. The Morgan fingerprint density at radius 3 is 3.00 bits per heavy atom. The summed E-state index contributed by atoms with van der Waals surface area (Å²) in [6.45, 7) is 3.34. The standard InChI is InChI=1S/C12H16N2O3/c1-2-9-3-4-10(7-12(9)14(15)16)13-11-5-6-17-8-11/h3-4,7,11,13H,2,5-6,8H2,1H3. The van der Waals surface area contributed by atoms with Crippen LogP contribution in [-0.2, 0) is 11.2 Å². The SMILES string of the molecule is CCc1ccc(NC2CCOC2)cc1[N+](=O)[O-]. The van der Waals surface area contributed by atoms with E-state index in [9.17, 15) is 10.1 Å². The predicted molar refractivity (Wildman–Crippen MR) is 65.3 cm³/mol. The molecular formula is C12H16N2O3. The molecular weight excluding hydrogens is 220 g/mol. The van der Waals surface area contributed by atoms with Crippen LogP contribution in [0.1, 0.15) is 18.9 Å². The molecule has 1 aliphatic heterocycles. The molecule has 1 N–H and O–H groups in total. The van der Waals surface area contributed by atoms with Gasteiger partial charge in [-0.05, 0) is 18.9 Å². The van der Waals surface area contributed by atoms with Crippen LogP contribution in [0.25, 0.3) is 0 Å². The van der Waals surface area contributed by atoms with E-state index < -0.39 is 0 Å². The fourth-order valence-electron chi connectivity index (χ4n) is 2.01. The monoisotopic (exact) mass is 236 g/mol.